The molecule has 0 saturated heterocycles. The van der Waals surface area contributed by atoms with Gasteiger partial charge in [0.2, 0.25) is 0 Å². The van der Waals surface area contributed by atoms with E-state index in [4.69, 9.17) is 9.73 Å². The summed E-state index contributed by atoms with van der Waals surface area (Å²) in [6.45, 7) is 7.60. The minimum Gasteiger partial charge on any atom is -0.475 e. The lowest BCUT2D eigenvalue weighted by Gasteiger charge is -2.56. The molecule has 0 aromatic rings. The van der Waals surface area contributed by atoms with Crippen LogP contribution in [-0.4, -0.2) is 34.9 Å². The Balaban J connectivity index is 1.62. The molecule has 3 saturated carbocycles. The predicted molar refractivity (Wildman–Crippen MR) is 104 cm³/mol. The van der Waals surface area contributed by atoms with E-state index in [1.165, 1.54) is 0 Å². The fourth-order valence-corrected chi connectivity index (χ4v) is 7.54. The number of rotatable bonds is 1. The minimum atomic E-state index is -0.933. The van der Waals surface area contributed by atoms with Crippen molar-refractivity contribution >= 4 is 23.2 Å². The molecule has 0 N–H and O–H groups in total. The number of aliphatic imine (C=N–C) groups is 1. The van der Waals surface area contributed by atoms with E-state index in [0.717, 1.165) is 24.8 Å². The van der Waals surface area contributed by atoms with Gasteiger partial charge in [-0.2, -0.15) is 0 Å². The molecule has 4 aliphatic carbocycles. The van der Waals surface area contributed by atoms with Crippen LogP contribution in [0.2, 0.25) is 0 Å². The normalized spacial score (nSPS) is 48.7. The van der Waals surface area contributed by atoms with Gasteiger partial charge in [0, 0.05) is 30.1 Å². The molecule has 0 bridgehead atoms. The molecule has 5 nitrogen and oxygen atoms in total. The molecule has 0 radical (unpaired) electrons. The first-order chi connectivity index (χ1) is 13.1. The second kappa shape index (κ2) is 5.31. The summed E-state index contributed by atoms with van der Waals surface area (Å²) in [5.41, 5.74) is -0.748. The molecule has 3 fully saturated rings. The first-order valence-electron chi connectivity index (χ1n) is 10.3. The van der Waals surface area contributed by atoms with E-state index in [1.807, 2.05) is 6.08 Å². The Morgan fingerprint density at radius 2 is 2.04 bits per heavy atom. The van der Waals surface area contributed by atoms with Crippen LogP contribution in [0.5, 0.6) is 0 Å². The van der Waals surface area contributed by atoms with Crippen molar-refractivity contribution in [2.75, 3.05) is 0 Å². The van der Waals surface area contributed by atoms with Gasteiger partial charge in [0.05, 0.1) is 0 Å². The van der Waals surface area contributed by atoms with Crippen molar-refractivity contribution in [1.82, 2.24) is 0 Å². The fourth-order valence-electron chi connectivity index (χ4n) is 7.54. The van der Waals surface area contributed by atoms with E-state index in [9.17, 15) is 14.4 Å². The van der Waals surface area contributed by atoms with E-state index in [2.05, 4.69) is 13.8 Å². The van der Waals surface area contributed by atoms with Crippen LogP contribution in [-0.2, 0) is 19.1 Å². The zero-order chi connectivity index (χ0) is 20.1. The fraction of sp³-hybridized carbons (Fsp3) is 0.652. The van der Waals surface area contributed by atoms with Crippen LogP contribution in [0.1, 0.15) is 53.4 Å². The van der Waals surface area contributed by atoms with Crippen molar-refractivity contribution in [3.8, 4) is 0 Å². The zero-order valence-electron chi connectivity index (χ0n) is 17.0. The molecule has 5 heteroatoms. The van der Waals surface area contributed by atoms with E-state index < -0.39 is 16.4 Å². The molecular formula is C23H27NO4. The molecule has 1 aliphatic heterocycles. The minimum absolute atomic E-state index is 0.0105. The summed E-state index contributed by atoms with van der Waals surface area (Å²) in [4.78, 5) is 43.1. The Morgan fingerprint density at radius 1 is 1.29 bits per heavy atom. The van der Waals surface area contributed by atoms with Crippen LogP contribution in [0.3, 0.4) is 0 Å². The summed E-state index contributed by atoms with van der Waals surface area (Å²) < 4.78 is 6.02. The average Bonchev–Trinajstić information content (AvgIpc) is 3.06. The second-order valence-corrected chi connectivity index (χ2v) is 9.83. The van der Waals surface area contributed by atoms with Crippen LogP contribution in [0, 0.1) is 28.6 Å². The van der Waals surface area contributed by atoms with Gasteiger partial charge in [-0.1, -0.05) is 25.5 Å². The first-order valence-corrected chi connectivity index (χ1v) is 10.3. The molecule has 1 heterocycles. The quantitative estimate of drug-likeness (QED) is 0.699. The molecule has 0 unspecified atom stereocenters. The molecule has 5 aliphatic rings. The van der Waals surface area contributed by atoms with Gasteiger partial charge < -0.3 is 4.74 Å². The predicted octanol–water partition coefficient (Wildman–Crippen LogP) is 3.23. The molecule has 7 atom stereocenters. The van der Waals surface area contributed by atoms with Gasteiger partial charge in [-0.15, -0.1) is 0 Å². The molecule has 5 rings (SSSR count). The van der Waals surface area contributed by atoms with Crippen molar-refractivity contribution in [2.45, 2.75) is 65.0 Å². The highest BCUT2D eigenvalue weighted by atomic mass is 16.5. The van der Waals surface area contributed by atoms with Crippen LogP contribution in [0.25, 0.3) is 0 Å². The number of ether oxygens (including phenoxy) is 1. The molecule has 0 amide bonds. The van der Waals surface area contributed by atoms with Gasteiger partial charge in [0.25, 0.3) is 0 Å². The van der Waals surface area contributed by atoms with Crippen LogP contribution in [0.15, 0.2) is 28.8 Å². The van der Waals surface area contributed by atoms with Crippen molar-refractivity contribution in [3.05, 3.63) is 23.8 Å². The number of carbonyl (C=O) groups excluding carboxylic acids is 3. The lowest BCUT2D eigenvalue weighted by Crippen LogP contribution is -2.60. The Bertz CT molecular complexity index is 914. The van der Waals surface area contributed by atoms with E-state index in [0.29, 0.717) is 12.3 Å². The Kier molecular flexibility index (Phi) is 3.42. The summed E-state index contributed by atoms with van der Waals surface area (Å²) in [6, 6.07) is 0. The monoisotopic (exact) mass is 381 g/mol. The third-order valence-corrected chi connectivity index (χ3v) is 8.64. The Hall–Kier alpha value is -2.04. The van der Waals surface area contributed by atoms with Gasteiger partial charge in [-0.25, -0.2) is 4.99 Å². The third-order valence-electron chi connectivity index (χ3n) is 8.64. The van der Waals surface area contributed by atoms with Crippen molar-refractivity contribution in [3.63, 3.8) is 0 Å². The van der Waals surface area contributed by atoms with Crippen LogP contribution >= 0.6 is 0 Å². The van der Waals surface area contributed by atoms with Gasteiger partial charge in [0.1, 0.15) is 11.9 Å². The topological polar surface area (TPSA) is 72.8 Å². The highest BCUT2D eigenvalue weighted by Crippen LogP contribution is 2.68. The van der Waals surface area contributed by atoms with Gasteiger partial charge in [0.15, 0.2) is 23.0 Å². The third kappa shape index (κ3) is 1.88. The number of carbonyl (C=O) groups is 3. The first kappa shape index (κ1) is 18.0. The van der Waals surface area contributed by atoms with E-state index in [1.54, 1.807) is 26.0 Å². The highest BCUT2D eigenvalue weighted by Gasteiger charge is 2.74. The van der Waals surface area contributed by atoms with Gasteiger partial charge >= 0.3 is 0 Å². The smallest absolute Gasteiger partial charge is 0.181 e. The number of ketones is 3. The number of fused-ring (bicyclic) bond motifs is 7. The summed E-state index contributed by atoms with van der Waals surface area (Å²) in [5, 5.41) is 0. The van der Waals surface area contributed by atoms with Crippen LogP contribution < -0.4 is 0 Å². The summed E-state index contributed by atoms with van der Waals surface area (Å²) in [5.74, 6) is 1.06. The van der Waals surface area contributed by atoms with Crippen LogP contribution in [0.4, 0.5) is 0 Å². The van der Waals surface area contributed by atoms with E-state index in [-0.39, 0.29) is 41.2 Å². The van der Waals surface area contributed by atoms with Crippen molar-refractivity contribution in [1.29, 1.82) is 0 Å². The highest BCUT2D eigenvalue weighted by molar-refractivity contribution is 6.02. The SMILES string of the molecule is CC(=O)[C@@]12N=C(C)O[C@@H]1C[C@@H]1[C@@H]3CCC4=CC(=O)C=C[C@]4(C)[C@@H]3C(=O)C[C@@]12C. The second-order valence-electron chi connectivity index (χ2n) is 9.83. The Labute approximate surface area is 165 Å². The number of nitrogens with zero attached hydrogens (tertiary/aromatic N) is 1. The maximum absolute atomic E-state index is 13.6. The van der Waals surface area contributed by atoms with Crippen molar-refractivity contribution < 1.29 is 19.1 Å². The summed E-state index contributed by atoms with van der Waals surface area (Å²) >= 11 is 0. The molecule has 148 valence electrons. The standard InChI is InChI=1S/C23H27NO4/c1-12(25)23-19(28-13(2)24-23)10-17-16-6-5-14-9-15(26)7-8-21(14,3)20(16)18(27)11-22(17,23)4/h7-9,16-17,19-20H,5-6,10-11H2,1-4H3/t16-,17+,19+,20-,21-,22-,23+/m0/s1. The summed E-state index contributed by atoms with van der Waals surface area (Å²) in [6.07, 6.45) is 7.86. The lowest BCUT2D eigenvalue weighted by atomic mass is 9.46. The maximum atomic E-state index is 13.6. The van der Waals surface area contributed by atoms with Gasteiger partial charge in [-0.3, -0.25) is 14.4 Å². The lowest BCUT2D eigenvalue weighted by molar-refractivity contribution is -0.146. The molecule has 0 aromatic carbocycles. The summed E-state index contributed by atoms with van der Waals surface area (Å²) in [7, 11) is 0. The number of hydrogen-bond donors (Lipinski definition) is 0. The van der Waals surface area contributed by atoms with Gasteiger partial charge in [-0.05, 0) is 50.2 Å². The molecule has 0 spiro atoms. The molecule has 28 heavy (non-hydrogen) atoms. The number of allylic oxidation sites excluding steroid dienone is 4. The number of hydrogen-bond acceptors (Lipinski definition) is 5. The maximum Gasteiger partial charge on any atom is 0.181 e. The zero-order valence-corrected chi connectivity index (χ0v) is 17.0. The van der Waals surface area contributed by atoms with Crippen molar-refractivity contribution in [2.24, 2.45) is 33.6 Å². The van der Waals surface area contributed by atoms with E-state index >= 15 is 0 Å². The number of Topliss-reactive ketones (excluding diaryl/α,β-unsaturated/α-hetero) is 2. The molecular weight excluding hydrogens is 354 g/mol. The molecule has 0 aromatic heterocycles. The largest absolute Gasteiger partial charge is 0.475 e. The average molecular weight is 381 g/mol. The Morgan fingerprint density at radius 3 is 2.75 bits per heavy atom.